The number of nitrogens with zero attached hydrogens (tertiary/aromatic N) is 3. The lowest BCUT2D eigenvalue weighted by Gasteiger charge is -2.15. The van der Waals surface area contributed by atoms with Crippen LogP contribution in [0, 0.1) is 5.92 Å². The molecule has 0 spiro atoms. The van der Waals surface area contributed by atoms with Gasteiger partial charge in [-0.2, -0.15) is 4.98 Å². The lowest BCUT2D eigenvalue weighted by molar-refractivity contribution is -0.00445. The molecule has 3 rings (SSSR count). The Morgan fingerprint density at radius 2 is 2.30 bits per heavy atom. The fourth-order valence-electron chi connectivity index (χ4n) is 2.97. The number of hydrogen-bond donors (Lipinski definition) is 2. The Balaban J connectivity index is 2.01. The summed E-state index contributed by atoms with van der Waals surface area (Å²) in [5, 5.41) is 0. The van der Waals surface area contributed by atoms with Gasteiger partial charge in [-0.15, -0.1) is 0 Å². The van der Waals surface area contributed by atoms with Gasteiger partial charge >= 0.3 is 0 Å². The van der Waals surface area contributed by atoms with E-state index in [0.717, 1.165) is 19.3 Å². The van der Waals surface area contributed by atoms with Crippen LogP contribution in [0.15, 0.2) is 11.1 Å². The molecule has 2 aromatic rings. The number of H-pyrrole nitrogens is 1. The Labute approximate surface area is 116 Å². The van der Waals surface area contributed by atoms with Gasteiger partial charge in [-0.3, -0.25) is 14.3 Å². The van der Waals surface area contributed by atoms with E-state index in [2.05, 4.69) is 28.8 Å². The first kappa shape index (κ1) is 13.1. The Morgan fingerprint density at radius 1 is 1.50 bits per heavy atom. The normalized spacial score (nSPS) is 26.4. The van der Waals surface area contributed by atoms with Crippen molar-refractivity contribution in [3.05, 3.63) is 16.7 Å². The topological polar surface area (TPSA) is 98.8 Å². The predicted octanol–water partition coefficient (Wildman–Crippen LogP) is 1.43. The van der Waals surface area contributed by atoms with Crippen molar-refractivity contribution in [2.45, 2.75) is 45.4 Å². The molecule has 1 unspecified atom stereocenters. The highest BCUT2D eigenvalue weighted by Crippen LogP contribution is 2.37. The smallest absolute Gasteiger partial charge is 0.280 e. The van der Waals surface area contributed by atoms with E-state index in [4.69, 9.17) is 10.5 Å². The monoisotopic (exact) mass is 277 g/mol. The average Bonchev–Trinajstić information content (AvgIpc) is 3.01. The van der Waals surface area contributed by atoms with Gasteiger partial charge in [-0.05, 0) is 18.8 Å². The number of aromatic nitrogens is 4. The summed E-state index contributed by atoms with van der Waals surface area (Å²) in [5.41, 5.74) is 6.08. The second-order valence-electron chi connectivity index (χ2n) is 5.22. The molecule has 0 amide bonds. The molecule has 0 aromatic carbocycles. The third-order valence-corrected chi connectivity index (χ3v) is 4.05. The molecule has 0 radical (unpaired) electrons. The first-order chi connectivity index (χ1) is 9.63. The molecule has 7 nitrogen and oxygen atoms in total. The second-order valence-corrected chi connectivity index (χ2v) is 5.22. The second kappa shape index (κ2) is 4.90. The van der Waals surface area contributed by atoms with Crippen molar-refractivity contribution in [3.8, 4) is 0 Å². The molecule has 1 fully saturated rings. The Kier molecular flexibility index (Phi) is 3.21. The standard InChI is InChI=1S/C13H19N5O2/c1-3-7-5-9(20-8(7)4-2)18-6-15-10-11(18)16-13(14)17-12(10)19/h6-9H,3-5H2,1-2H3,(H3,14,16,17,19)/t7?,8-,9-/m1/s1. The summed E-state index contributed by atoms with van der Waals surface area (Å²) in [6.45, 7) is 4.30. The van der Waals surface area contributed by atoms with E-state index in [1.807, 2.05) is 4.57 Å². The summed E-state index contributed by atoms with van der Waals surface area (Å²) < 4.78 is 7.89. The van der Waals surface area contributed by atoms with Crippen LogP contribution in [0.4, 0.5) is 5.95 Å². The molecule has 3 N–H and O–H groups in total. The largest absolute Gasteiger partial charge is 0.369 e. The van der Waals surface area contributed by atoms with E-state index >= 15 is 0 Å². The Morgan fingerprint density at radius 3 is 2.95 bits per heavy atom. The predicted molar refractivity (Wildman–Crippen MR) is 75.2 cm³/mol. The minimum Gasteiger partial charge on any atom is -0.369 e. The molecule has 108 valence electrons. The van der Waals surface area contributed by atoms with E-state index < -0.39 is 0 Å². The van der Waals surface area contributed by atoms with Crippen molar-refractivity contribution in [1.82, 2.24) is 19.5 Å². The average molecular weight is 277 g/mol. The first-order valence-corrected chi connectivity index (χ1v) is 7.01. The van der Waals surface area contributed by atoms with Crippen molar-refractivity contribution in [1.29, 1.82) is 0 Å². The molecule has 0 saturated carbocycles. The number of hydrogen-bond acceptors (Lipinski definition) is 5. The minimum absolute atomic E-state index is 0.0985. The molecule has 3 heterocycles. The number of nitrogens with two attached hydrogens (primary N) is 1. The summed E-state index contributed by atoms with van der Waals surface area (Å²) in [7, 11) is 0. The molecule has 0 aliphatic carbocycles. The van der Waals surface area contributed by atoms with Crippen molar-refractivity contribution in [3.63, 3.8) is 0 Å². The number of imidazole rings is 1. The highest BCUT2D eigenvalue weighted by molar-refractivity contribution is 5.70. The molecule has 1 aliphatic heterocycles. The van der Waals surface area contributed by atoms with Crippen LogP contribution in [0.1, 0.15) is 39.3 Å². The van der Waals surface area contributed by atoms with E-state index in [-0.39, 0.29) is 23.8 Å². The van der Waals surface area contributed by atoms with Gasteiger partial charge in [0.15, 0.2) is 11.2 Å². The first-order valence-electron chi connectivity index (χ1n) is 7.01. The van der Waals surface area contributed by atoms with Gasteiger partial charge in [0.1, 0.15) is 6.23 Å². The van der Waals surface area contributed by atoms with E-state index in [0.29, 0.717) is 17.1 Å². The lowest BCUT2D eigenvalue weighted by Crippen LogP contribution is -2.15. The quantitative estimate of drug-likeness (QED) is 0.884. The number of rotatable bonds is 3. The van der Waals surface area contributed by atoms with Crippen LogP contribution in [0.3, 0.4) is 0 Å². The maximum atomic E-state index is 11.8. The van der Waals surface area contributed by atoms with Crippen LogP contribution in [0.2, 0.25) is 0 Å². The van der Waals surface area contributed by atoms with Crippen LogP contribution in [-0.2, 0) is 4.74 Å². The third-order valence-electron chi connectivity index (χ3n) is 4.05. The van der Waals surface area contributed by atoms with Gasteiger partial charge in [0.05, 0.1) is 12.4 Å². The highest BCUT2D eigenvalue weighted by atomic mass is 16.5. The fraction of sp³-hybridized carbons (Fsp3) is 0.615. The molecule has 1 aliphatic rings. The SMILES string of the molecule is CCC1C[C@H](n2cnc3c(=O)[nH]c(N)nc32)O[C@@H]1CC. The van der Waals surface area contributed by atoms with Crippen molar-refractivity contribution in [2.75, 3.05) is 5.73 Å². The molecule has 3 atom stereocenters. The number of anilines is 1. The zero-order valence-electron chi connectivity index (χ0n) is 11.7. The van der Waals surface area contributed by atoms with Crippen molar-refractivity contribution >= 4 is 17.1 Å². The van der Waals surface area contributed by atoms with Crippen LogP contribution in [0.25, 0.3) is 11.2 Å². The van der Waals surface area contributed by atoms with Crippen LogP contribution in [-0.4, -0.2) is 25.6 Å². The molecular formula is C13H19N5O2. The molecule has 1 saturated heterocycles. The molecular weight excluding hydrogens is 258 g/mol. The van der Waals surface area contributed by atoms with E-state index in [1.165, 1.54) is 0 Å². The summed E-state index contributed by atoms with van der Waals surface area (Å²) in [6.07, 6.45) is 4.72. The Hall–Kier alpha value is -1.89. The summed E-state index contributed by atoms with van der Waals surface area (Å²) >= 11 is 0. The third kappa shape index (κ3) is 1.98. The van der Waals surface area contributed by atoms with Crippen LogP contribution < -0.4 is 11.3 Å². The van der Waals surface area contributed by atoms with Crippen LogP contribution in [0.5, 0.6) is 0 Å². The zero-order valence-corrected chi connectivity index (χ0v) is 11.7. The van der Waals surface area contributed by atoms with Crippen molar-refractivity contribution < 1.29 is 4.74 Å². The molecule has 20 heavy (non-hydrogen) atoms. The van der Waals surface area contributed by atoms with E-state index in [9.17, 15) is 4.79 Å². The summed E-state index contributed by atoms with van der Waals surface area (Å²) in [6, 6.07) is 0. The molecule has 0 bridgehead atoms. The van der Waals surface area contributed by atoms with Crippen molar-refractivity contribution in [2.24, 2.45) is 5.92 Å². The summed E-state index contributed by atoms with van der Waals surface area (Å²) in [5.74, 6) is 0.628. The van der Waals surface area contributed by atoms with Gasteiger partial charge in [0, 0.05) is 0 Å². The highest BCUT2D eigenvalue weighted by Gasteiger charge is 2.34. The number of ether oxygens (including phenoxy) is 1. The fourth-order valence-corrected chi connectivity index (χ4v) is 2.97. The number of nitrogens with one attached hydrogen (secondary N) is 1. The van der Waals surface area contributed by atoms with Gasteiger partial charge in [0.2, 0.25) is 5.95 Å². The zero-order chi connectivity index (χ0) is 14.3. The summed E-state index contributed by atoms with van der Waals surface area (Å²) in [4.78, 5) is 22.5. The number of fused-ring (bicyclic) bond motifs is 1. The molecule has 7 heteroatoms. The maximum Gasteiger partial charge on any atom is 0.280 e. The van der Waals surface area contributed by atoms with Crippen LogP contribution >= 0.6 is 0 Å². The van der Waals surface area contributed by atoms with Gasteiger partial charge in [-0.25, -0.2) is 4.98 Å². The number of nitrogen functional groups attached to an aromatic ring is 1. The minimum atomic E-state index is -0.316. The lowest BCUT2D eigenvalue weighted by atomic mass is 9.96. The Bertz CT molecular complexity index is 665. The number of aromatic amines is 1. The van der Waals surface area contributed by atoms with E-state index in [1.54, 1.807) is 6.33 Å². The molecule has 2 aromatic heterocycles. The van der Waals surface area contributed by atoms with Gasteiger partial charge in [0.25, 0.3) is 5.56 Å². The van der Waals surface area contributed by atoms with Gasteiger partial charge in [-0.1, -0.05) is 20.3 Å². The maximum absolute atomic E-state index is 11.8. The van der Waals surface area contributed by atoms with Gasteiger partial charge < -0.3 is 10.5 Å².